The third-order valence-electron chi connectivity index (χ3n) is 5.81. The van der Waals surface area contributed by atoms with Crippen molar-refractivity contribution in [3.8, 4) is 0 Å². The number of carbonyl (C=O) groups excluding carboxylic acids is 1. The summed E-state index contributed by atoms with van der Waals surface area (Å²) >= 11 is 0. The molecule has 116 valence electrons. The van der Waals surface area contributed by atoms with E-state index < -0.39 is 0 Å². The molecule has 1 N–H and O–H groups in total. The van der Waals surface area contributed by atoms with Crippen LogP contribution in [0.4, 0.5) is 0 Å². The molecular formula is C17H30O3. The fraction of sp³-hybridized carbons (Fsp3) is 0.941. The average Bonchev–Trinajstić information content (AvgIpc) is 2.39. The minimum absolute atomic E-state index is 0.0678. The largest absolute Gasteiger partial charge is 0.463 e. The Morgan fingerprint density at radius 2 is 1.40 bits per heavy atom. The van der Waals surface area contributed by atoms with Crippen LogP contribution in [0.5, 0.6) is 0 Å². The number of aliphatic hydroxyl groups excluding tert-OH is 1. The Balaban J connectivity index is 1.86. The van der Waals surface area contributed by atoms with Gasteiger partial charge in [-0.2, -0.15) is 0 Å². The van der Waals surface area contributed by atoms with Gasteiger partial charge in [-0.05, 0) is 68.6 Å². The van der Waals surface area contributed by atoms with Gasteiger partial charge in [0, 0.05) is 6.92 Å². The molecule has 0 amide bonds. The quantitative estimate of drug-likeness (QED) is 0.803. The van der Waals surface area contributed by atoms with Crippen LogP contribution in [0.3, 0.4) is 0 Å². The number of hydrogen-bond acceptors (Lipinski definition) is 3. The minimum atomic E-state index is -0.144. The zero-order chi connectivity index (χ0) is 14.8. The molecule has 20 heavy (non-hydrogen) atoms. The molecule has 0 radical (unpaired) electrons. The highest BCUT2D eigenvalue weighted by atomic mass is 16.5. The number of rotatable bonds is 3. The van der Waals surface area contributed by atoms with Gasteiger partial charge in [0.25, 0.3) is 0 Å². The van der Waals surface area contributed by atoms with E-state index in [1.54, 1.807) is 0 Å². The van der Waals surface area contributed by atoms with Gasteiger partial charge in [0.05, 0.1) is 6.10 Å². The normalized spacial score (nSPS) is 35.6. The van der Waals surface area contributed by atoms with Gasteiger partial charge < -0.3 is 9.84 Å². The predicted octanol–water partition coefficient (Wildman–Crippen LogP) is 3.69. The Bertz CT molecular complexity index is 321. The molecule has 0 heterocycles. The molecule has 0 spiro atoms. The zero-order valence-electron chi connectivity index (χ0n) is 13.2. The molecule has 0 atom stereocenters. The monoisotopic (exact) mass is 282 g/mol. The van der Waals surface area contributed by atoms with Crippen molar-refractivity contribution in [3.63, 3.8) is 0 Å². The van der Waals surface area contributed by atoms with Crippen LogP contribution in [0.15, 0.2) is 0 Å². The van der Waals surface area contributed by atoms with Crippen LogP contribution in [-0.2, 0) is 9.53 Å². The Morgan fingerprint density at radius 3 is 1.85 bits per heavy atom. The maximum absolute atomic E-state index is 11.0. The molecule has 3 heteroatoms. The van der Waals surface area contributed by atoms with Gasteiger partial charge in [0.1, 0.15) is 6.10 Å². The predicted molar refractivity (Wildman–Crippen MR) is 79.3 cm³/mol. The van der Waals surface area contributed by atoms with Crippen LogP contribution >= 0.6 is 0 Å². The second-order valence-corrected chi connectivity index (χ2v) is 7.41. The van der Waals surface area contributed by atoms with Crippen LogP contribution in [0, 0.1) is 17.3 Å². The highest BCUT2D eigenvalue weighted by Crippen LogP contribution is 2.48. The van der Waals surface area contributed by atoms with Crippen molar-refractivity contribution in [2.75, 3.05) is 0 Å². The van der Waals surface area contributed by atoms with Gasteiger partial charge >= 0.3 is 5.97 Å². The summed E-state index contributed by atoms with van der Waals surface area (Å²) in [4.78, 5) is 11.0. The highest BCUT2D eigenvalue weighted by molar-refractivity contribution is 5.66. The van der Waals surface area contributed by atoms with Crippen molar-refractivity contribution in [3.05, 3.63) is 0 Å². The first kappa shape index (κ1) is 15.8. The first-order chi connectivity index (χ1) is 9.39. The summed E-state index contributed by atoms with van der Waals surface area (Å²) < 4.78 is 5.34. The second-order valence-electron chi connectivity index (χ2n) is 7.41. The molecule has 0 aromatic rings. The highest BCUT2D eigenvalue weighted by Gasteiger charge is 2.40. The molecule has 0 aromatic heterocycles. The topological polar surface area (TPSA) is 46.5 Å². The summed E-state index contributed by atoms with van der Waals surface area (Å²) in [6.07, 6.45) is 8.72. The van der Waals surface area contributed by atoms with Gasteiger partial charge in [0.2, 0.25) is 0 Å². The van der Waals surface area contributed by atoms with Crippen LogP contribution in [-0.4, -0.2) is 23.3 Å². The third-order valence-corrected chi connectivity index (χ3v) is 5.81. The van der Waals surface area contributed by atoms with Gasteiger partial charge in [-0.3, -0.25) is 4.79 Å². The standard InChI is InChI=1S/C17H30O3/c1-12(18)20-16-10-6-14(7-11-16)17(2,3)13-4-8-15(19)9-5-13/h13-16,19H,4-11H2,1-3H3. The first-order valence-corrected chi connectivity index (χ1v) is 8.25. The van der Waals surface area contributed by atoms with Crippen molar-refractivity contribution < 1.29 is 14.6 Å². The smallest absolute Gasteiger partial charge is 0.302 e. The van der Waals surface area contributed by atoms with Crippen molar-refractivity contribution in [2.24, 2.45) is 17.3 Å². The molecule has 2 fully saturated rings. The third kappa shape index (κ3) is 3.75. The lowest BCUT2D eigenvalue weighted by Crippen LogP contribution is -2.39. The van der Waals surface area contributed by atoms with E-state index in [4.69, 9.17) is 4.74 Å². The van der Waals surface area contributed by atoms with E-state index in [-0.39, 0.29) is 18.2 Å². The van der Waals surface area contributed by atoms with Crippen LogP contribution < -0.4 is 0 Å². The van der Waals surface area contributed by atoms with E-state index in [1.165, 1.54) is 19.8 Å². The Hall–Kier alpha value is -0.570. The maximum Gasteiger partial charge on any atom is 0.302 e. The molecule has 2 aliphatic rings. The fourth-order valence-corrected chi connectivity index (χ4v) is 4.31. The number of ether oxygens (including phenoxy) is 1. The van der Waals surface area contributed by atoms with Gasteiger partial charge in [-0.25, -0.2) is 0 Å². The minimum Gasteiger partial charge on any atom is -0.463 e. The molecule has 0 saturated heterocycles. The van der Waals surface area contributed by atoms with E-state index in [1.807, 2.05) is 0 Å². The lowest BCUT2D eigenvalue weighted by atomic mass is 9.60. The number of aliphatic hydroxyl groups is 1. The Kier molecular flexibility index (Phi) is 5.11. The second kappa shape index (κ2) is 6.46. The van der Waals surface area contributed by atoms with E-state index in [0.29, 0.717) is 5.41 Å². The molecule has 0 bridgehead atoms. The fourth-order valence-electron chi connectivity index (χ4n) is 4.31. The molecule has 2 aliphatic carbocycles. The Morgan fingerprint density at radius 1 is 0.950 bits per heavy atom. The van der Waals surface area contributed by atoms with E-state index in [9.17, 15) is 9.90 Å². The van der Waals surface area contributed by atoms with Gasteiger partial charge in [0.15, 0.2) is 0 Å². The molecule has 3 nitrogen and oxygen atoms in total. The summed E-state index contributed by atoms with van der Waals surface area (Å²) in [5, 5.41) is 9.67. The molecule has 2 saturated carbocycles. The van der Waals surface area contributed by atoms with Crippen LogP contribution in [0.2, 0.25) is 0 Å². The van der Waals surface area contributed by atoms with Gasteiger partial charge in [-0.1, -0.05) is 13.8 Å². The van der Waals surface area contributed by atoms with Crippen molar-refractivity contribution in [1.82, 2.24) is 0 Å². The van der Waals surface area contributed by atoms with E-state index >= 15 is 0 Å². The summed E-state index contributed by atoms with van der Waals surface area (Å²) in [6, 6.07) is 0. The first-order valence-electron chi connectivity index (χ1n) is 8.25. The lowest BCUT2D eigenvalue weighted by molar-refractivity contribution is -0.148. The van der Waals surface area contributed by atoms with Crippen LogP contribution in [0.25, 0.3) is 0 Å². The number of carbonyl (C=O) groups is 1. The summed E-state index contributed by atoms with van der Waals surface area (Å²) in [5.41, 5.74) is 0.349. The van der Waals surface area contributed by atoms with E-state index in [2.05, 4.69) is 13.8 Å². The van der Waals surface area contributed by atoms with Crippen molar-refractivity contribution in [1.29, 1.82) is 0 Å². The van der Waals surface area contributed by atoms with Gasteiger partial charge in [-0.15, -0.1) is 0 Å². The lowest BCUT2D eigenvalue weighted by Gasteiger charge is -2.46. The van der Waals surface area contributed by atoms with E-state index in [0.717, 1.165) is 50.4 Å². The maximum atomic E-state index is 11.0. The Labute approximate surface area is 123 Å². The summed E-state index contributed by atoms with van der Waals surface area (Å²) in [5.74, 6) is 1.32. The SMILES string of the molecule is CC(=O)OC1CCC(C(C)(C)C2CCC(O)CC2)CC1. The summed E-state index contributed by atoms with van der Waals surface area (Å²) in [6.45, 7) is 6.32. The average molecular weight is 282 g/mol. The number of hydrogen-bond donors (Lipinski definition) is 1. The van der Waals surface area contributed by atoms with Crippen molar-refractivity contribution >= 4 is 5.97 Å². The van der Waals surface area contributed by atoms with Crippen LogP contribution in [0.1, 0.15) is 72.1 Å². The summed E-state index contributed by atoms with van der Waals surface area (Å²) in [7, 11) is 0. The zero-order valence-corrected chi connectivity index (χ0v) is 13.2. The van der Waals surface area contributed by atoms with Crippen molar-refractivity contribution in [2.45, 2.75) is 84.3 Å². The molecule has 0 aliphatic heterocycles. The molecule has 2 rings (SSSR count). The molecule has 0 unspecified atom stereocenters. The number of esters is 1. The molecular weight excluding hydrogens is 252 g/mol. The molecule has 0 aromatic carbocycles.